The van der Waals surface area contributed by atoms with Gasteiger partial charge in [-0.05, 0) is 17.7 Å². The molecule has 28 heavy (non-hydrogen) atoms. The zero-order valence-electron chi connectivity index (χ0n) is 15.7. The lowest BCUT2D eigenvalue weighted by molar-refractivity contribution is 0.0972. The van der Waals surface area contributed by atoms with E-state index in [2.05, 4.69) is 20.3 Å². The lowest BCUT2D eigenvalue weighted by atomic mass is 10.2. The molecule has 0 fully saturated rings. The second-order valence-corrected chi connectivity index (χ2v) is 6.00. The number of guanidine groups is 1. The first-order valence-electron chi connectivity index (χ1n) is 8.46. The molecule has 0 unspecified atom stereocenters. The number of halogens is 1. The van der Waals surface area contributed by atoms with E-state index in [1.807, 2.05) is 48.5 Å². The summed E-state index contributed by atoms with van der Waals surface area (Å²) >= 11 is 0. The first kappa shape index (κ1) is 21.5. The van der Waals surface area contributed by atoms with Gasteiger partial charge in [0, 0.05) is 14.1 Å². The molecule has 9 heteroatoms. The molecule has 2 heterocycles. The molecule has 0 aliphatic heterocycles. The molecule has 8 nitrogen and oxygen atoms in total. The van der Waals surface area contributed by atoms with Gasteiger partial charge in [0.2, 0.25) is 0 Å². The number of furan rings is 1. The Morgan fingerprint density at radius 2 is 2.04 bits per heavy atom. The van der Waals surface area contributed by atoms with Gasteiger partial charge in [-0.2, -0.15) is 0 Å². The van der Waals surface area contributed by atoms with E-state index >= 15 is 0 Å². The fourth-order valence-corrected chi connectivity index (χ4v) is 2.66. The van der Waals surface area contributed by atoms with E-state index in [4.69, 9.17) is 10.2 Å². The number of rotatable bonds is 6. The van der Waals surface area contributed by atoms with Crippen molar-refractivity contribution < 1.29 is 9.21 Å². The van der Waals surface area contributed by atoms with Gasteiger partial charge in [0.05, 0.1) is 25.0 Å². The van der Waals surface area contributed by atoms with Crippen molar-refractivity contribution in [2.75, 3.05) is 14.1 Å². The van der Waals surface area contributed by atoms with Crippen molar-refractivity contribution in [1.82, 2.24) is 20.2 Å². The zero-order chi connectivity index (χ0) is 19.2. The summed E-state index contributed by atoms with van der Waals surface area (Å²) in [7, 11) is 3.62. The number of nitrogens with two attached hydrogens (primary N) is 1. The van der Waals surface area contributed by atoms with Crippen molar-refractivity contribution in [1.29, 1.82) is 0 Å². The van der Waals surface area contributed by atoms with E-state index in [1.54, 1.807) is 19.2 Å². The number of H-pyrrole nitrogens is 1. The van der Waals surface area contributed by atoms with Crippen molar-refractivity contribution in [2.24, 2.45) is 10.7 Å². The molecule has 1 amide bonds. The fraction of sp³-hybridized carbons (Fsp3) is 0.211. The Morgan fingerprint density at radius 3 is 2.68 bits per heavy atom. The van der Waals surface area contributed by atoms with Gasteiger partial charge in [0.25, 0.3) is 5.91 Å². The maximum absolute atomic E-state index is 11.1. The molecular formula is C19H23IN6O2. The van der Waals surface area contributed by atoms with Gasteiger partial charge in [-0.1, -0.05) is 30.3 Å². The number of benzene rings is 1. The average Bonchev–Trinajstić information content (AvgIpc) is 3.33. The Labute approximate surface area is 180 Å². The zero-order valence-corrected chi connectivity index (χ0v) is 18.0. The summed E-state index contributed by atoms with van der Waals surface area (Å²) in [5, 5.41) is 3.18. The standard InChI is InChI=1S/C19H22N6O2.HI/c1-21-19(23-10-14-8-9-16(27-14)18(20)26)25(2)12-17-22-11-15(24-17)13-6-4-3-5-7-13;/h3-9,11H,10,12H2,1-2H3,(H2,20,26)(H,21,23)(H,22,24);1H. The molecule has 3 rings (SSSR count). The summed E-state index contributed by atoms with van der Waals surface area (Å²) in [5.41, 5.74) is 7.25. The van der Waals surface area contributed by atoms with Crippen LogP contribution in [0.25, 0.3) is 11.3 Å². The van der Waals surface area contributed by atoms with Gasteiger partial charge in [-0.15, -0.1) is 24.0 Å². The molecule has 0 saturated carbocycles. The highest BCUT2D eigenvalue weighted by Gasteiger charge is 2.12. The van der Waals surface area contributed by atoms with Crippen molar-refractivity contribution in [3.63, 3.8) is 0 Å². The Balaban J connectivity index is 0.00000280. The van der Waals surface area contributed by atoms with E-state index < -0.39 is 5.91 Å². The Bertz CT molecular complexity index is 935. The summed E-state index contributed by atoms with van der Waals surface area (Å²) in [6.07, 6.45) is 1.82. The van der Waals surface area contributed by atoms with Crippen molar-refractivity contribution in [3.05, 3.63) is 66.0 Å². The van der Waals surface area contributed by atoms with Gasteiger partial charge in [-0.25, -0.2) is 4.98 Å². The number of aliphatic imine (C=N–C) groups is 1. The molecule has 0 bridgehead atoms. The number of aromatic amines is 1. The summed E-state index contributed by atoms with van der Waals surface area (Å²) < 4.78 is 5.36. The van der Waals surface area contributed by atoms with Gasteiger partial charge < -0.3 is 25.4 Å². The predicted octanol–water partition coefficient (Wildman–Crippen LogP) is 2.59. The first-order chi connectivity index (χ1) is 13.1. The summed E-state index contributed by atoms with van der Waals surface area (Å²) in [4.78, 5) is 25.1. The number of carbonyl (C=O) groups is 1. The maximum atomic E-state index is 11.1. The van der Waals surface area contributed by atoms with Gasteiger partial charge >= 0.3 is 0 Å². The molecule has 3 aromatic rings. The number of amides is 1. The van der Waals surface area contributed by atoms with Crippen LogP contribution in [0, 0.1) is 0 Å². The van der Waals surface area contributed by atoms with Crippen LogP contribution in [-0.2, 0) is 13.1 Å². The van der Waals surface area contributed by atoms with Crippen molar-refractivity contribution in [3.8, 4) is 11.3 Å². The highest BCUT2D eigenvalue weighted by molar-refractivity contribution is 14.0. The number of primary amides is 1. The van der Waals surface area contributed by atoms with Crippen LogP contribution in [0.3, 0.4) is 0 Å². The SMILES string of the molecule is CN=C(NCc1ccc(C(N)=O)o1)N(C)Cc1ncc(-c2ccccc2)[nH]1.I. The van der Waals surface area contributed by atoms with Crippen LogP contribution in [-0.4, -0.2) is 40.8 Å². The number of carbonyl (C=O) groups excluding carboxylic acids is 1. The topological polar surface area (TPSA) is 113 Å². The molecule has 148 valence electrons. The normalized spacial score (nSPS) is 11.0. The Kier molecular flexibility index (Phi) is 7.61. The lowest BCUT2D eigenvalue weighted by Crippen LogP contribution is -2.38. The molecule has 2 aromatic heterocycles. The smallest absolute Gasteiger partial charge is 0.284 e. The van der Waals surface area contributed by atoms with Crippen LogP contribution in [0.15, 0.2) is 58.1 Å². The third-order valence-corrected chi connectivity index (χ3v) is 4.00. The van der Waals surface area contributed by atoms with Crippen LogP contribution in [0.2, 0.25) is 0 Å². The minimum Gasteiger partial charge on any atom is -0.454 e. The van der Waals surface area contributed by atoms with Gasteiger partial charge in [-0.3, -0.25) is 9.79 Å². The van der Waals surface area contributed by atoms with E-state index in [0.717, 1.165) is 17.1 Å². The number of nitrogens with one attached hydrogen (secondary N) is 2. The van der Waals surface area contributed by atoms with Crippen molar-refractivity contribution >= 4 is 35.8 Å². The molecule has 0 spiro atoms. The minimum atomic E-state index is -0.588. The van der Waals surface area contributed by atoms with E-state index in [0.29, 0.717) is 24.8 Å². The van der Waals surface area contributed by atoms with Crippen LogP contribution < -0.4 is 11.1 Å². The van der Waals surface area contributed by atoms with Crippen LogP contribution in [0.1, 0.15) is 22.1 Å². The molecule has 0 aliphatic carbocycles. The molecule has 1 aromatic carbocycles. The Morgan fingerprint density at radius 1 is 1.29 bits per heavy atom. The predicted molar refractivity (Wildman–Crippen MR) is 118 cm³/mol. The lowest BCUT2D eigenvalue weighted by Gasteiger charge is -2.20. The van der Waals surface area contributed by atoms with Crippen LogP contribution in [0.4, 0.5) is 0 Å². The second kappa shape index (κ2) is 9.93. The molecule has 0 radical (unpaired) electrons. The molecule has 0 aliphatic rings. The highest BCUT2D eigenvalue weighted by Crippen LogP contribution is 2.16. The van der Waals surface area contributed by atoms with Crippen LogP contribution >= 0.6 is 24.0 Å². The van der Waals surface area contributed by atoms with E-state index in [-0.39, 0.29) is 29.7 Å². The largest absolute Gasteiger partial charge is 0.454 e. The maximum Gasteiger partial charge on any atom is 0.284 e. The highest BCUT2D eigenvalue weighted by atomic mass is 127. The average molecular weight is 494 g/mol. The number of hydrogen-bond acceptors (Lipinski definition) is 4. The van der Waals surface area contributed by atoms with E-state index in [1.165, 1.54) is 0 Å². The summed E-state index contributed by atoms with van der Waals surface area (Å²) in [6, 6.07) is 13.3. The second-order valence-electron chi connectivity index (χ2n) is 6.00. The van der Waals surface area contributed by atoms with Gasteiger partial charge in [0.1, 0.15) is 11.6 Å². The number of hydrogen-bond donors (Lipinski definition) is 3. The van der Waals surface area contributed by atoms with E-state index in [9.17, 15) is 4.79 Å². The monoisotopic (exact) mass is 494 g/mol. The molecule has 0 atom stereocenters. The number of nitrogens with zero attached hydrogens (tertiary/aromatic N) is 3. The first-order valence-corrected chi connectivity index (χ1v) is 8.46. The Hall–Kier alpha value is -2.82. The fourth-order valence-electron chi connectivity index (χ4n) is 2.66. The molecular weight excluding hydrogens is 471 g/mol. The summed E-state index contributed by atoms with van der Waals surface area (Å²) in [5.74, 6) is 1.65. The quantitative estimate of drug-likeness (QED) is 0.277. The van der Waals surface area contributed by atoms with Crippen LogP contribution in [0.5, 0.6) is 0 Å². The molecule has 0 saturated heterocycles. The third-order valence-electron chi connectivity index (χ3n) is 4.00. The molecule has 4 N–H and O–H groups in total. The number of imidazole rings is 1. The van der Waals surface area contributed by atoms with Crippen molar-refractivity contribution in [2.45, 2.75) is 13.1 Å². The van der Waals surface area contributed by atoms with Gasteiger partial charge in [0.15, 0.2) is 11.7 Å². The number of aromatic nitrogens is 2. The third kappa shape index (κ3) is 5.35. The summed E-state index contributed by atoms with van der Waals surface area (Å²) in [6.45, 7) is 0.939. The minimum absolute atomic E-state index is 0.